The van der Waals surface area contributed by atoms with E-state index < -0.39 is 0 Å². The summed E-state index contributed by atoms with van der Waals surface area (Å²) < 4.78 is 6.54. The molecule has 0 aliphatic heterocycles. The molecule has 0 atom stereocenters. The van der Waals surface area contributed by atoms with E-state index in [1.165, 1.54) is 38.4 Å². The number of rotatable bonds is 4. The van der Waals surface area contributed by atoms with Crippen LogP contribution in [0, 0.1) is 0 Å². The van der Waals surface area contributed by atoms with Gasteiger partial charge in [0.05, 0.1) is 0 Å². The van der Waals surface area contributed by atoms with Crippen molar-refractivity contribution >= 4 is 43.5 Å². The molecular weight excluding hydrogens is 659 g/mol. The highest BCUT2D eigenvalue weighted by Crippen LogP contribution is 2.52. The third-order valence-electron chi connectivity index (χ3n) is 11.3. The van der Waals surface area contributed by atoms with Gasteiger partial charge in [-0.05, 0) is 79.2 Å². The Kier molecular flexibility index (Phi) is 6.56. The number of furan rings is 1. The van der Waals surface area contributed by atoms with E-state index in [0.29, 0.717) is 17.5 Å². The lowest BCUT2D eigenvalue weighted by atomic mass is 9.80. The van der Waals surface area contributed by atoms with Crippen molar-refractivity contribution in [3.05, 3.63) is 175 Å². The summed E-state index contributed by atoms with van der Waals surface area (Å²) in [5.74, 6) is 1.89. The van der Waals surface area contributed by atoms with Crippen LogP contribution < -0.4 is 0 Å². The van der Waals surface area contributed by atoms with Gasteiger partial charge < -0.3 is 4.42 Å². The normalized spacial score (nSPS) is 13.1. The molecule has 0 bridgehead atoms. The molecule has 0 saturated heterocycles. The van der Waals surface area contributed by atoms with Crippen LogP contribution >= 0.6 is 0 Å². The molecule has 0 N–H and O–H groups in total. The van der Waals surface area contributed by atoms with Gasteiger partial charge in [-0.25, -0.2) is 15.0 Å². The van der Waals surface area contributed by atoms with Gasteiger partial charge in [-0.1, -0.05) is 153 Å². The number of fused-ring (bicyclic) bond motifs is 9. The molecule has 4 heteroatoms. The molecule has 8 aromatic carbocycles. The molecule has 0 amide bonds. The predicted octanol–water partition coefficient (Wildman–Crippen LogP) is 13.1. The molecule has 11 rings (SSSR count). The Morgan fingerprint density at radius 2 is 1.04 bits per heavy atom. The Morgan fingerprint density at radius 3 is 1.91 bits per heavy atom. The first kappa shape index (κ1) is 30.7. The van der Waals surface area contributed by atoms with E-state index in [1.54, 1.807) is 0 Å². The molecule has 1 aliphatic rings. The summed E-state index contributed by atoms with van der Waals surface area (Å²) in [6, 6.07) is 57.7. The molecule has 0 radical (unpaired) electrons. The minimum atomic E-state index is -0.233. The summed E-state index contributed by atoms with van der Waals surface area (Å²) in [6.07, 6.45) is 0. The van der Waals surface area contributed by atoms with E-state index >= 15 is 0 Å². The largest absolute Gasteiger partial charge is 0.456 e. The standard InChI is InChI=1S/C50H33N3O/c1-50(2)42-20-9-8-16-38(42)39-18-10-19-41(46(39)50)49-52-47(33-24-26-36-32(28-33)23-22-31-14-6-7-15-35(31)36)51-48(53-49)34-25-27-40-44(29-34)54-43-21-11-17-37(45(40)43)30-12-4-3-5-13-30/h3-29H,1-2H3. The van der Waals surface area contributed by atoms with Crippen LogP contribution in [0.25, 0.3) is 99.9 Å². The smallest absolute Gasteiger partial charge is 0.164 e. The number of nitrogens with zero attached hydrogens (tertiary/aromatic N) is 3. The second-order valence-electron chi connectivity index (χ2n) is 14.8. The Balaban J connectivity index is 1.13. The Hall–Kier alpha value is -6.91. The van der Waals surface area contributed by atoms with Crippen molar-refractivity contribution in [2.75, 3.05) is 0 Å². The van der Waals surface area contributed by atoms with Crippen LogP contribution in [0.2, 0.25) is 0 Å². The highest BCUT2D eigenvalue weighted by atomic mass is 16.3. The van der Waals surface area contributed by atoms with Gasteiger partial charge in [-0.2, -0.15) is 0 Å². The summed E-state index contributed by atoms with van der Waals surface area (Å²) in [5.41, 5.74) is 11.6. The molecule has 0 saturated carbocycles. The fourth-order valence-electron chi connectivity index (χ4n) is 8.76. The van der Waals surface area contributed by atoms with E-state index in [0.717, 1.165) is 55.1 Å². The van der Waals surface area contributed by atoms with E-state index in [9.17, 15) is 0 Å². The van der Waals surface area contributed by atoms with Gasteiger partial charge >= 0.3 is 0 Å². The van der Waals surface area contributed by atoms with Crippen molar-refractivity contribution in [3.63, 3.8) is 0 Å². The van der Waals surface area contributed by atoms with Crippen molar-refractivity contribution in [1.82, 2.24) is 15.0 Å². The topological polar surface area (TPSA) is 51.8 Å². The maximum absolute atomic E-state index is 6.54. The van der Waals surface area contributed by atoms with Crippen molar-refractivity contribution in [3.8, 4) is 56.4 Å². The fraction of sp³-hybridized carbons (Fsp3) is 0.0600. The highest BCUT2D eigenvalue weighted by molar-refractivity contribution is 6.13. The van der Waals surface area contributed by atoms with E-state index in [4.69, 9.17) is 19.4 Å². The Labute approximate surface area is 312 Å². The number of hydrogen-bond donors (Lipinski definition) is 0. The van der Waals surface area contributed by atoms with E-state index in [2.05, 4.69) is 166 Å². The van der Waals surface area contributed by atoms with Crippen LogP contribution in [0.4, 0.5) is 0 Å². The van der Waals surface area contributed by atoms with Crippen LogP contribution in [-0.4, -0.2) is 15.0 Å². The van der Waals surface area contributed by atoms with Gasteiger partial charge in [0.25, 0.3) is 0 Å². The monoisotopic (exact) mass is 691 g/mol. The molecular formula is C50H33N3O. The van der Waals surface area contributed by atoms with Crippen LogP contribution in [0.3, 0.4) is 0 Å². The van der Waals surface area contributed by atoms with Crippen LogP contribution in [0.15, 0.2) is 168 Å². The molecule has 1 aliphatic carbocycles. The maximum atomic E-state index is 6.54. The minimum Gasteiger partial charge on any atom is -0.456 e. The SMILES string of the molecule is CC1(C)c2ccccc2-c2cccc(-c3nc(-c4ccc5c(ccc6ccccc65)c4)nc(-c4ccc5c(c4)oc4cccc(-c6ccccc6)c45)n3)c21. The first-order valence-corrected chi connectivity index (χ1v) is 18.4. The molecule has 10 aromatic rings. The molecule has 254 valence electrons. The summed E-state index contributed by atoms with van der Waals surface area (Å²) in [5, 5.41) is 6.97. The van der Waals surface area contributed by atoms with Gasteiger partial charge in [-0.15, -0.1) is 0 Å². The van der Waals surface area contributed by atoms with Crippen LogP contribution in [0.5, 0.6) is 0 Å². The minimum absolute atomic E-state index is 0.233. The molecule has 2 aromatic heterocycles. The molecule has 2 heterocycles. The van der Waals surface area contributed by atoms with Crippen LogP contribution in [-0.2, 0) is 5.41 Å². The average molecular weight is 692 g/mol. The van der Waals surface area contributed by atoms with Crippen molar-refractivity contribution < 1.29 is 4.42 Å². The number of aromatic nitrogens is 3. The summed E-state index contributed by atoms with van der Waals surface area (Å²) in [4.78, 5) is 15.7. The van der Waals surface area contributed by atoms with Crippen molar-refractivity contribution in [2.45, 2.75) is 19.3 Å². The molecule has 4 nitrogen and oxygen atoms in total. The Bertz CT molecular complexity index is 3140. The van der Waals surface area contributed by atoms with Crippen molar-refractivity contribution in [2.24, 2.45) is 0 Å². The third-order valence-corrected chi connectivity index (χ3v) is 11.3. The predicted molar refractivity (Wildman–Crippen MR) is 221 cm³/mol. The Morgan fingerprint density at radius 1 is 0.407 bits per heavy atom. The van der Waals surface area contributed by atoms with Crippen LogP contribution in [0.1, 0.15) is 25.0 Å². The lowest BCUT2D eigenvalue weighted by Gasteiger charge is -2.24. The van der Waals surface area contributed by atoms with Gasteiger partial charge in [0.15, 0.2) is 17.5 Å². The molecule has 0 unspecified atom stereocenters. The zero-order valence-corrected chi connectivity index (χ0v) is 29.8. The third kappa shape index (κ3) is 4.60. The zero-order chi connectivity index (χ0) is 36.0. The lowest BCUT2D eigenvalue weighted by molar-refractivity contribution is 0.661. The average Bonchev–Trinajstić information content (AvgIpc) is 3.72. The number of benzene rings is 8. The lowest BCUT2D eigenvalue weighted by Crippen LogP contribution is -2.17. The summed E-state index contributed by atoms with van der Waals surface area (Å²) in [7, 11) is 0. The summed E-state index contributed by atoms with van der Waals surface area (Å²) >= 11 is 0. The van der Waals surface area contributed by atoms with Gasteiger partial charge in [0, 0.05) is 32.9 Å². The quantitative estimate of drug-likeness (QED) is 0.172. The first-order chi connectivity index (χ1) is 26.5. The molecule has 54 heavy (non-hydrogen) atoms. The van der Waals surface area contributed by atoms with Gasteiger partial charge in [0.1, 0.15) is 11.2 Å². The maximum Gasteiger partial charge on any atom is 0.164 e. The second kappa shape index (κ2) is 11.5. The van der Waals surface area contributed by atoms with E-state index in [-0.39, 0.29) is 5.41 Å². The highest BCUT2D eigenvalue weighted by Gasteiger charge is 2.38. The van der Waals surface area contributed by atoms with Crippen molar-refractivity contribution in [1.29, 1.82) is 0 Å². The van der Waals surface area contributed by atoms with E-state index in [1.807, 2.05) is 12.1 Å². The summed E-state index contributed by atoms with van der Waals surface area (Å²) in [6.45, 7) is 4.61. The second-order valence-corrected chi connectivity index (χ2v) is 14.8. The number of hydrogen-bond acceptors (Lipinski definition) is 4. The molecule has 0 fully saturated rings. The van der Waals surface area contributed by atoms with Gasteiger partial charge in [0.2, 0.25) is 0 Å². The zero-order valence-electron chi connectivity index (χ0n) is 29.8. The fourth-order valence-corrected chi connectivity index (χ4v) is 8.76. The molecule has 0 spiro atoms. The van der Waals surface area contributed by atoms with Gasteiger partial charge in [-0.3, -0.25) is 0 Å². The first-order valence-electron chi connectivity index (χ1n) is 18.4.